The van der Waals surface area contributed by atoms with Crippen LogP contribution in [0, 0.1) is 5.82 Å². The molecule has 2 heterocycles. The second kappa shape index (κ2) is 4.19. The Hall–Kier alpha value is -1.63. The molecule has 1 aromatic carbocycles. The largest absolute Gasteiger partial charge is 0.326 e. The van der Waals surface area contributed by atoms with Gasteiger partial charge in [-0.3, -0.25) is 4.57 Å². The van der Waals surface area contributed by atoms with Crippen LogP contribution in [0.5, 0.6) is 0 Å². The summed E-state index contributed by atoms with van der Waals surface area (Å²) in [4.78, 5) is 14.5. The first-order valence-electron chi connectivity index (χ1n) is 6.07. The second-order valence-electron chi connectivity index (χ2n) is 4.85. The Labute approximate surface area is 109 Å². The number of imidazole rings is 1. The van der Waals surface area contributed by atoms with E-state index in [1.54, 1.807) is 6.07 Å². The lowest BCUT2D eigenvalue weighted by Gasteiger charge is -2.23. The van der Waals surface area contributed by atoms with Gasteiger partial charge in [0.25, 0.3) is 0 Å². The number of benzene rings is 1. The van der Waals surface area contributed by atoms with Crippen LogP contribution in [0.15, 0.2) is 23.0 Å². The van der Waals surface area contributed by atoms with E-state index in [0.29, 0.717) is 18.4 Å². The number of fused-ring (bicyclic) bond motifs is 1. The van der Waals surface area contributed by atoms with Crippen LogP contribution in [0.4, 0.5) is 4.39 Å². The summed E-state index contributed by atoms with van der Waals surface area (Å²) in [6.45, 7) is 0. The lowest BCUT2D eigenvalue weighted by molar-refractivity contribution is 0.465. The van der Waals surface area contributed by atoms with E-state index in [2.05, 4.69) is 4.98 Å². The molecule has 102 valence electrons. The third-order valence-electron chi connectivity index (χ3n) is 3.49. The fourth-order valence-electron chi connectivity index (χ4n) is 2.69. The van der Waals surface area contributed by atoms with E-state index in [1.807, 2.05) is 0 Å². The molecule has 1 N–H and O–H groups in total. The van der Waals surface area contributed by atoms with Gasteiger partial charge in [0.2, 0.25) is 0 Å². The molecule has 1 aliphatic heterocycles. The molecule has 19 heavy (non-hydrogen) atoms. The number of nitrogens with one attached hydrogen (secondary N) is 1. The van der Waals surface area contributed by atoms with Crippen LogP contribution < -0.4 is 5.69 Å². The highest BCUT2D eigenvalue weighted by molar-refractivity contribution is 7.91. The number of aromatic amines is 1. The number of aromatic nitrogens is 2. The van der Waals surface area contributed by atoms with Gasteiger partial charge in [0.05, 0.1) is 23.1 Å². The van der Waals surface area contributed by atoms with Crippen LogP contribution in [-0.2, 0) is 9.84 Å². The topological polar surface area (TPSA) is 71.9 Å². The van der Waals surface area contributed by atoms with E-state index in [0.717, 1.165) is 0 Å². The Morgan fingerprint density at radius 1 is 1.37 bits per heavy atom. The highest BCUT2D eigenvalue weighted by atomic mass is 32.2. The molecule has 0 bridgehead atoms. The highest BCUT2D eigenvalue weighted by Gasteiger charge is 2.28. The molecule has 0 spiro atoms. The lowest BCUT2D eigenvalue weighted by Crippen LogP contribution is -2.32. The number of hydrogen-bond acceptors (Lipinski definition) is 3. The number of para-hydroxylation sites is 1. The van der Waals surface area contributed by atoms with Crippen LogP contribution in [0.25, 0.3) is 11.0 Å². The maximum absolute atomic E-state index is 13.9. The number of rotatable bonds is 1. The summed E-state index contributed by atoms with van der Waals surface area (Å²) in [6, 6.07) is 3.89. The standard InChI is InChI=1S/C12H13FN2O3S/c13-9-4-1-5-10-11(9)15(12(16)14-10)8-3-2-6-19(17,18)7-8/h1,4-5,8H,2-3,6-7H2,(H,14,16). The zero-order valence-electron chi connectivity index (χ0n) is 10.1. The fraction of sp³-hybridized carbons (Fsp3) is 0.417. The van der Waals surface area contributed by atoms with Crippen LogP contribution in [0.3, 0.4) is 0 Å². The minimum atomic E-state index is -3.15. The van der Waals surface area contributed by atoms with Crippen molar-refractivity contribution >= 4 is 20.9 Å². The van der Waals surface area contributed by atoms with Gasteiger partial charge in [-0.25, -0.2) is 17.6 Å². The van der Waals surface area contributed by atoms with Gasteiger partial charge < -0.3 is 4.98 Å². The van der Waals surface area contributed by atoms with Crippen molar-refractivity contribution in [3.63, 3.8) is 0 Å². The molecule has 1 aliphatic rings. The summed E-state index contributed by atoms with van der Waals surface area (Å²) in [5.74, 6) is -0.476. The summed E-state index contributed by atoms with van der Waals surface area (Å²) in [7, 11) is -3.15. The Bertz CT molecular complexity index is 791. The Kier molecular flexibility index (Phi) is 2.74. The molecule has 1 unspecified atom stereocenters. The highest BCUT2D eigenvalue weighted by Crippen LogP contribution is 2.26. The molecular weight excluding hydrogens is 271 g/mol. The predicted octanol–water partition coefficient (Wildman–Crippen LogP) is 1.22. The molecule has 0 aliphatic carbocycles. The van der Waals surface area contributed by atoms with Crippen molar-refractivity contribution < 1.29 is 12.8 Å². The molecule has 0 saturated carbocycles. The third kappa shape index (κ3) is 2.07. The molecule has 2 aromatic rings. The van der Waals surface area contributed by atoms with E-state index in [-0.39, 0.29) is 17.0 Å². The van der Waals surface area contributed by atoms with Crippen molar-refractivity contribution in [1.82, 2.24) is 9.55 Å². The maximum Gasteiger partial charge on any atom is 0.326 e. The monoisotopic (exact) mass is 284 g/mol. The average Bonchev–Trinajstić information content (AvgIpc) is 2.65. The van der Waals surface area contributed by atoms with Gasteiger partial charge in [0, 0.05) is 0 Å². The van der Waals surface area contributed by atoms with E-state index in [9.17, 15) is 17.6 Å². The summed E-state index contributed by atoms with van der Waals surface area (Å²) >= 11 is 0. The van der Waals surface area contributed by atoms with E-state index >= 15 is 0 Å². The van der Waals surface area contributed by atoms with Crippen molar-refractivity contribution in [2.45, 2.75) is 18.9 Å². The minimum Gasteiger partial charge on any atom is -0.305 e. The van der Waals surface area contributed by atoms with Crippen LogP contribution in [0.1, 0.15) is 18.9 Å². The minimum absolute atomic E-state index is 0.103. The van der Waals surface area contributed by atoms with Crippen molar-refractivity contribution in [3.05, 3.63) is 34.5 Å². The smallest absolute Gasteiger partial charge is 0.305 e. The first kappa shape index (κ1) is 12.4. The Balaban J connectivity index is 2.20. The van der Waals surface area contributed by atoms with E-state index < -0.39 is 27.4 Å². The third-order valence-corrected chi connectivity index (χ3v) is 5.30. The Morgan fingerprint density at radius 2 is 2.16 bits per heavy atom. The number of halogens is 1. The summed E-state index contributed by atoms with van der Waals surface area (Å²) in [5.41, 5.74) is 0.102. The van der Waals surface area contributed by atoms with E-state index in [1.165, 1.54) is 16.7 Å². The first-order chi connectivity index (χ1) is 8.98. The van der Waals surface area contributed by atoms with Crippen molar-refractivity contribution in [2.75, 3.05) is 11.5 Å². The van der Waals surface area contributed by atoms with Gasteiger partial charge in [-0.2, -0.15) is 0 Å². The molecule has 7 heteroatoms. The molecule has 1 atom stereocenters. The molecule has 1 saturated heterocycles. The molecule has 5 nitrogen and oxygen atoms in total. The van der Waals surface area contributed by atoms with Gasteiger partial charge in [-0.1, -0.05) is 6.07 Å². The van der Waals surface area contributed by atoms with Crippen LogP contribution >= 0.6 is 0 Å². The SMILES string of the molecule is O=c1[nH]c2cccc(F)c2n1C1CCCS(=O)(=O)C1. The van der Waals surface area contributed by atoms with E-state index in [4.69, 9.17) is 0 Å². The quantitative estimate of drug-likeness (QED) is 0.855. The molecule has 0 amide bonds. The van der Waals surface area contributed by atoms with Gasteiger partial charge in [0.15, 0.2) is 9.84 Å². The van der Waals surface area contributed by atoms with Crippen molar-refractivity contribution in [3.8, 4) is 0 Å². The number of H-pyrrole nitrogens is 1. The first-order valence-corrected chi connectivity index (χ1v) is 7.89. The fourth-order valence-corrected chi connectivity index (χ4v) is 4.36. The van der Waals surface area contributed by atoms with Gasteiger partial charge in [-0.15, -0.1) is 0 Å². The lowest BCUT2D eigenvalue weighted by atomic mass is 10.1. The Morgan fingerprint density at radius 3 is 2.89 bits per heavy atom. The number of nitrogens with zero attached hydrogens (tertiary/aromatic N) is 1. The molecular formula is C12H13FN2O3S. The molecule has 1 aromatic heterocycles. The summed E-state index contributed by atoms with van der Waals surface area (Å²) in [5, 5.41) is 0. The van der Waals surface area contributed by atoms with Crippen molar-refractivity contribution in [1.29, 1.82) is 0 Å². The van der Waals surface area contributed by atoms with Crippen molar-refractivity contribution in [2.24, 2.45) is 0 Å². The van der Waals surface area contributed by atoms with Gasteiger partial charge in [0.1, 0.15) is 11.3 Å². The molecule has 0 radical (unpaired) electrons. The average molecular weight is 284 g/mol. The zero-order valence-corrected chi connectivity index (χ0v) is 10.9. The number of hydrogen-bond donors (Lipinski definition) is 1. The predicted molar refractivity (Wildman–Crippen MR) is 69.4 cm³/mol. The number of sulfone groups is 1. The molecule has 3 rings (SSSR count). The van der Waals surface area contributed by atoms with Crippen LogP contribution in [-0.4, -0.2) is 29.5 Å². The summed E-state index contributed by atoms with van der Waals surface area (Å²) in [6.07, 6.45) is 1.07. The normalized spacial score (nSPS) is 22.7. The zero-order chi connectivity index (χ0) is 13.6. The second-order valence-corrected chi connectivity index (χ2v) is 7.08. The molecule has 1 fully saturated rings. The van der Waals surface area contributed by atoms with Crippen LogP contribution in [0.2, 0.25) is 0 Å². The maximum atomic E-state index is 13.9. The van der Waals surface area contributed by atoms with Gasteiger partial charge in [-0.05, 0) is 25.0 Å². The summed E-state index contributed by atoms with van der Waals surface area (Å²) < 4.78 is 38.5. The van der Waals surface area contributed by atoms with Gasteiger partial charge >= 0.3 is 5.69 Å².